The molecule has 0 aromatic heterocycles. The maximum atomic E-state index is 12.1. The van der Waals surface area contributed by atoms with Crippen LogP contribution in [0.1, 0.15) is 10.4 Å². The van der Waals surface area contributed by atoms with Crippen molar-refractivity contribution < 1.29 is 14.4 Å². The Morgan fingerprint density at radius 1 is 1.32 bits per heavy atom. The van der Waals surface area contributed by atoms with Crippen LogP contribution < -0.4 is 22.1 Å². The van der Waals surface area contributed by atoms with Gasteiger partial charge < -0.3 is 10.2 Å². The van der Waals surface area contributed by atoms with Crippen molar-refractivity contribution in [3.8, 4) is 0 Å². The molecule has 1 aliphatic rings. The fraction of sp³-hybridized carbons (Fsp3) is 0.0667. The largest absolute Gasteiger partial charge is 0.387 e. The summed E-state index contributed by atoms with van der Waals surface area (Å²) in [7, 11) is 0. The summed E-state index contributed by atoms with van der Waals surface area (Å²) in [4.78, 5) is 27.9. The molecule has 1 aliphatic heterocycles. The van der Waals surface area contributed by atoms with Crippen molar-refractivity contribution in [3.63, 3.8) is 0 Å². The Hall–Kier alpha value is -2.90. The lowest BCUT2D eigenvalue weighted by molar-refractivity contribution is -0.114. The van der Waals surface area contributed by atoms with Gasteiger partial charge in [0.25, 0.3) is 5.91 Å². The maximum absolute atomic E-state index is 12.1. The third kappa shape index (κ3) is 3.60. The molecule has 2 rings (SSSR count). The molecule has 0 aliphatic carbocycles. The molecule has 0 atom stereocenters. The lowest BCUT2D eigenvalue weighted by Gasteiger charge is -2.17. The van der Waals surface area contributed by atoms with E-state index in [-0.39, 0.29) is 11.3 Å². The number of carbonyl (C=O) groups excluding carboxylic acids is 2. The van der Waals surface area contributed by atoms with Crippen LogP contribution in [0.3, 0.4) is 0 Å². The number of hydrogen-bond donors (Lipinski definition) is 3. The van der Waals surface area contributed by atoms with E-state index in [9.17, 15) is 9.59 Å². The zero-order valence-electron chi connectivity index (χ0n) is 11.7. The van der Waals surface area contributed by atoms with E-state index >= 15 is 0 Å². The molecule has 0 fully saturated rings. The second-order valence-corrected chi connectivity index (χ2v) is 4.41. The highest BCUT2D eigenvalue weighted by molar-refractivity contribution is 6.05. The number of rotatable bonds is 4. The van der Waals surface area contributed by atoms with Gasteiger partial charge in [0, 0.05) is 12.6 Å². The molecule has 0 unspecified atom stereocenters. The van der Waals surface area contributed by atoms with E-state index in [1.165, 1.54) is 18.2 Å². The van der Waals surface area contributed by atoms with Crippen LogP contribution in [0.4, 0.5) is 5.69 Å². The molecule has 0 spiro atoms. The van der Waals surface area contributed by atoms with Gasteiger partial charge in [0.1, 0.15) is 0 Å². The third-order valence-corrected chi connectivity index (χ3v) is 3.00. The van der Waals surface area contributed by atoms with E-state index in [0.717, 1.165) is 10.6 Å². The Labute approximate surface area is 127 Å². The smallest absolute Gasteiger partial charge is 0.358 e. The molecule has 7 nitrogen and oxygen atoms in total. The number of hydrazine groups is 1. The summed E-state index contributed by atoms with van der Waals surface area (Å²) in [6.07, 6.45) is 8.50. The van der Waals surface area contributed by atoms with E-state index in [4.69, 9.17) is 11.7 Å². The number of carbonyl (C=O) groups is 2. The van der Waals surface area contributed by atoms with Gasteiger partial charge in [-0.05, 0) is 36.1 Å². The molecular formula is C15H16N4O3. The quantitative estimate of drug-likeness (QED) is 0.324. The Morgan fingerprint density at radius 3 is 2.77 bits per heavy atom. The van der Waals surface area contributed by atoms with Crippen molar-refractivity contribution >= 4 is 17.6 Å². The predicted molar refractivity (Wildman–Crippen MR) is 82.1 cm³/mol. The summed E-state index contributed by atoms with van der Waals surface area (Å²) in [6.45, 7) is 0.696. The minimum Gasteiger partial charge on any atom is -0.387 e. The summed E-state index contributed by atoms with van der Waals surface area (Å²) in [5, 5.41) is 3.87. The molecule has 1 aromatic rings. The third-order valence-electron chi connectivity index (χ3n) is 3.00. The zero-order chi connectivity index (χ0) is 15.9. The molecule has 7 heteroatoms. The van der Waals surface area contributed by atoms with Crippen LogP contribution in [0.2, 0.25) is 0 Å². The van der Waals surface area contributed by atoms with Crippen LogP contribution in [0, 0.1) is 0 Å². The number of nitrogens with two attached hydrogens (primary N) is 2. The molecule has 1 aromatic carbocycles. The Bertz CT molecular complexity index is 665. The van der Waals surface area contributed by atoms with E-state index in [2.05, 4.69) is 10.2 Å². The molecule has 114 valence electrons. The fourth-order valence-electron chi connectivity index (χ4n) is 1.88. The van der Waals surface area contributed by atoms with E-state index in [1.807, 2.05) is 12.2 Å². The summed E-state index contributed by atoms with van der Waals surface area (Å²) in [6, 6.07) is 6.27. The standard InChI is InChI=1S/C15H16N4O3/c16-19(13-4-2-1-3-12(13)15(21)22-17)14(20)6-5-11-7-9-18-10-8-11/h1-9,18H,10,16-17H2/b6-5+. The molecule has 5 N–H and O–H groups in total. The molecule has 0 saturated carbocycles. The first-order valence-electron chi connectivity index (χ1n) is 6.50. The number of allylic oxidation sites excluding steroid dienone is 3. The second-order valence-electron chi connectivity index (χ2n) is 4.41. The minimum atomic E-state index is -0.771. The van der Waals surface area contributed by atoms with Crippen molar-refractivity contribution in [2.24, 2.45) is 11.7 Å². The van der Waals surface area contributed by atoms with Crippen molar-refractivity contribution in [2.45, 2.75) is 0 Å². The van der Waals surface area contributed by atoms with Crippen molar-refractivity contribution in [2.75, 3.05) is 11.6 Å². The summed E-state index contributed by atoms with van der Waals surface area (Å²) in [5.74, 6) is 9.41. The van der Waals surface area contributed by atoms with E-state index in [0.29, 0.717) is 6.54 Å². The highest BCUT2D eigenvalue weighted by Crippen LogP contribution is 2.19. The lowest BCUT2D eigenvalue weighted by Crippen LogP contribution is -2.37. The van der Waals surface area contributed by atoms with E-state index < -0.39 is 11.9 Å². The van der Waals surface area contributed by atoms with Crippen LogP contribution in [0.25, 0.3) is 0 Å². The Kier molecular flexibility index (Phi) is 5.07. The highest BCUT2D eigenvalue weighted by Gasteiger charge is 2.18. The minimum absolute atomic E-state index is 0.107. The Balaban J connectivity index is 2.17. The highest BCUT2D eigenvalue weighted by atomic mass is 16.7. The molecular weight excluding hydrogens is 284 g/mol. The summed E-state index contributed by atoms with van der Waals surface area (Å²) in [5.41, 5.74) is 1.20. The topological polar surface area (TPSA) is 111 Å². The lowest BCUT2D eigenvalue weighted by atomic mass is 10.1. The average molecular weight is 300 g/mol. The number of anilines is 1. The van der Waals surface area contributed by atoms with Crippen molar-refractivity contribution in [1.82, 2.24) is 5.32 Å². The zero-order valence-corrected chi connectivity index (χ0v) is 11.7. The summed E-state index contributed by atoms with van der Waals surface area (Å²) < 4.78 is 0. The fourth-order valence-corrected chi connectivity index (χ4v) is 1.88. The van der Waals surface area contributed by atoms with Gasteiger partial charge in [-0.15, -0.1) is 0 Å². The van der Waals surface area contributed by atoms with Gasteiger partial charge >= 0.3 is 5.97 Å². The van der Waals surface area contributed by atoms with Gasteiger partial charge in [0.05, 0.1) is 11.3 Å². The van der Waals surface area contributed by atoms with Crippen LogP contribution >= 0.6 is 0 Å². The number of nitrogens with one attached hydrogen (secondary N) is 1. The number of benzene rings is 1. The van der Waals surface area contributed by atoms with Crippen LogP contribution in [-0.2, 0) is 9.63 Å². The van der Waals surface area contributed by atoms with Crippen molar-refractivity contribution in [1.29, 1.82) is 0 Å². The number of amides is 1. The van der Waals surface area contributed by atoms with Gasteiger partial charge in [0.2, 0.25) is 0 Å². The van der Waals surface area contributed by atoms with Crippen molar-refractivity contribution in [3.05, 3.63) is 65.9 Å². The second kappa shape index (κ2) is 7.21. The first kappa shape index (κ1) is 15.5. The number of nitrogens with zero attached hydrogens (tertiary/aromatic N) is 1. The first-order valence-corrected chi connectivity index (χ1v) is 6.50. The van der Waals surface area contributed by atoms with Gasteiger partial charge in [-0.2, -0.15) is 5.90 Å². The SMILES string of the molecule is NOC(=O)c1ccccc1N(N)C(=O)/C=C/C1=CCNC=C1. The maximum Gasteiger partial charge on any atom is 0.358 e. The van der Waals surface area contributed by atoms with Gasteiger partial charge in [0.15, 0.2) is 0 Å². The molecule has 1 heterocycles. The summed E-state index contributed by atoms with van der Waals surface area (Å²) >= 11 is 0. The monoisotopic (exact) mass is 300 g/mol. The van der Waals surface area contributed by atoms with Gasteiger partial charge in [-0.3, -0.25) is 4.79 Å². The number of dihydropyridines is 1. The number of hydrogen-bond acceptors (Lipinski definition) is 6. The molecule has 0 bridgehead atoms. The average Bonchev–Trinajstić information content (AvgIpc) is 2.59. The number of para-hydroxylation sites is 1. The molecule has 0 radical (unpaired) electrons. The van der Waals surface area contributed by atoms with Crippen LogP contribution in [-0.4, -0.2) is 18.4 Å². The Morgan fingerprint density at radius 2 is 2.09 bits per heavy atom. The van der Waals surface area contributed by atoms with Gasteiger partial charge in [-0.1, -0.05) is 18.2 Å². The van der Waals surface area contributed by atoms with Crippen LogP contribution in [0.15, 0.2) is 60.3 Å². The molecule has 0 saturated heterocycles. The first-order chi connectivity index (χ1) is 10.6. The predicted octanol–water partition coefficient (Wildman–Crippen LogP) is 0.523. The molecule has 22 heavy (non-hydrogen) atoms. The normalized spacial score (nSPS) is 13.5. The molecule has 1 amide bonds. The van der Waals surface area contributed by atoms with Crippen LogP contribution in [0.5, 0.6) is 0 Å². The van der Waals surface area contributed by atoms with Gasteiger partial charge in [-0.25, -0.2) is 15.6 Å². The van der Waals surface area contributed by atoms with E-state index in [1.54, 1.807) is 24.4 Å².